The lowest BCUT2D eigenvalue weighted by Gasteiger charge is -2.13. The van der Waals surface area contributed by atoms with Gasteiger partial charge in [-0.2, -0.15) is 0 Å². The highest BCUT2D eigenvalue weighted by molar-refractivity contribution is 6.12. The third-order valence-electron chi connectivity index (χ3n) is 3.24. The molecule has 1 rings (SSSR count). The molecule has 0 aromatic heterocycles. The summed E-state index contributed by atoms with van der Waals surface area (Å²) in [5.41, 5.74) is 0. The number of hydrogen-bond acceptors (Lipinski definition) is 4. The van der Waals surface area contributed by atoms with Crippen molar-refractivity contribution in [1.29, 1.82) is 0 Å². The van der Waals surface area contributed by atoms with Crippen molar-refractivity contribution in [2.45, 2.75) is 39.5 Å². The molecule has 0 spiro atoms. The number of nitrogens with zero attached hydrogens (tertiary/aromatic N) is 1. The number of esters is 1. The molecule has 1 aliphatic heterocycles. The second-order valence-corrected chi connectivity index (χ2v) is 4.79. The van der Waals surface area contributed by atoms with E-state index in [4.69, 9.17) is 4.74 Å². The van der Waals surface area contributed by atoms with Gasteiger partial charge in [0.05, 0.1) is 13.0 Å². The van der Waals surface area contributed by atoms with Crippen molar-refractivity contribution in [3.05, 3.63) is 12.2 Å². The SMILES string of the molecule is CCC(C)CCCOC(=O)CCN1C(=O)C=CC1=O. The van der Waals surface area contributed by atoms with Crippen molar-refractivity contribution in [3.63, 3.8) is 0 Å². The van der Waals surface area contributed by atoms with E-state index in [0.717, 1.165) is 24.2 Å². The second kappa shape index (κ2) is 7.71. The minimum Gasteiger partial charge on any atom is -0.466 e. The first-order chi connectivity index (χ1) is 9.04. The summed E-state index contributed by atoms with van der Waals surface area (Å²) in [5, 5.41) is 0. The monoisotopic (exact) mass is 267 g/mol. The lowest BCUT2D eigenvalue weighted by Crippen LogP contribution is -2.32. The number of ether oxygens (including phenoxy) is 1. The zero-order valence-electron chi connectivity index (χ0n) is 11.6. The first kappa shape index (κ1) is 15.4. The van der Waals surface area contributed by atoms with E-state index >= 15 is 0 Å². The van der Waals surface area contributed by atoms with Gasteiger partial charge in [0.15, 0.2) is 0 Å². The molecular formula is C14H21NO4. The van der Waals surface area contributed by atoms with Crippen LogP contribution in [0.15, 0.2) is 12.2 Å². The van der Waals surface area contributed by atoms with E-state index < -0.39 is 0 Å². The van der Waals surface area contributed by atoms with E-state index in [9.17, 15) is 14.4 Å². The summed E-state index contributed by atoms with van der Waals surface area (Å²) in [6, 6.07) is 0. The Morgan fingerprint density at radius 3 is 2.53 bits per heavy atom. The van der Waals surface area contributed by atoms with Crippen molar-refractivity contribution in [1.82, 2.24) is 4.90 Å². The molecule has 19 heavy (non-hydrogen) atoms. The minimum atomic E-state index is -0.366. The fraction of sp³-hybridized carbons (Fsp3) is 0.643. The van der Waals surface area contributed by atoms with Gasteiger partial charge in [-0.05, 0) is 18.8 Å². The highest BCUT2D eigenvalue weighted by atomic mass is 16.5. The molecule has 0 radical (unpaired) electrons. The summed E-state index contributed by atoms with van der Waals surface area (Å²) in [7, 11) is 0. The highest BCUT2D eigenvalue weighted by Crippen LogP contribution is 2.09. The van der Waals surface area contributed by atoms with E-state index in [-0.39, 0.29) is 30.7 Å². The summed E-state index contributed by atoms with van der Waals surface area (Å²) in [4.78, 5) is 34.9. The number of amides is 2. The maximum atomic E-state index is 11.4. The Kier molecular flexibility index (Phi) is 6.25. The summed E-state index contributed by atoms with van der Waals surface area (Å²) in [5.74, 6) is -0.453. The molecule has 0 aliphatic carbocycles. The molecular weight excluding hydrogens is 246 g/mol. The van der Waals surface area contributed by atoms with Crippen LogP contribution in [0.2, 0.25) is 0 Å². The number of imide groups is 1. The summed E-state index contributed by atoms with van der Waals surface area (Å²) >= 11 is 0. The molecule has 0 aromatic carbocycles. The fourth-order valence-corrected chi connectivity index (χ4v) is 1.75. The van der Waals surface area contributed by atoms with Crippen molar-refractivity contribution in [2.75, 3.05) is 13.2 Å². The van der Waals surface area contributed by atoms with E-state index in [2.05, 4.69) is 13.8 Å². The van der Waals surface area contributed by atoms with Crippen LogP contribution in [-0.2, 0) is 19.1 Å². The van der Waals surface area contributed by atoms with E-state index in [1.54, 1.807) is 0 Å². The molecule has 1 atom stereocenters. The van der Waals surface area contributed by atoms with Gasteiger partial charge >= 0.3 is 5.97 Å². The van der Waals surface area contributed by atoms with Gasteiger partial charge in [0.25, 0.3) is 11.8 Å². The predicted molar refractivity (Wildman–Crippen MR) is 70.1 cm³/mol. The molecule has 5 heteroatoms. The van der Waals surface area contributed by atoms with Crippen LogP contribution in [0, 0.1) is 5.92 Å². The standard InChI is InChI=1S/C14H21NO4/c1-3-11(2)5-4-10-19-14(18)8-9-15-12(16)6-7-13(15)17/h6-7,11H,3-5,8-10H2,1-2H3. The zero-order valence-corrected chi connectivity index (χ0v) is 11.6. The molecule has 0 saturated heterocycles. The number of carbonyl (C=O) groups excluding carboxylic acids is 3. The molecule has 106 valence electrons. The van der Waals surface area contributed by atoms with Gasteiger partial charge in [-0.15, -0.1) is 0 Å². The number of rotatable bonds is 8. The summed E-state index contributed by atoms with van der Waals surface area (Å²) in [6.45, 7) is 4.80. The van der Waals surface area contributed by atoms with Crippen molar-refractivity contribution < 1.29 is 19.1 Å². The van der Waals surface area contributed by atoms with Crippen LogP contribution in [0.5, 0.6) is 0 Å². The molecule has 0 fully saturated rings. The second-order valence-electron chi connectivity index (χ2n) is 4.79. The molecule has 0 saturated carbocycles. The average molecular weight is 267 g/mol. The third kappa shape index (κ3) is 5.24. The van der Waals surface area contributed by atoms with Crippen LogP contribution >= 0.6 is 0 Å². The quantitative estimate of drug-likeness (QED) is 0.381. The molecule has 1 heterocycles. The van der Waals surface area contributed by atoms with E-state index in [1.807, 2.05) is 0 Å². The lowest BCUT2D eigenvalue weighted by atomic mass is 10.0. The van der Waals surface area contributed by atoms with Gasteiger partial charge in [0, 0.05) is 18.7 Å². The van der Waals surface area contributed by atoms with Crippen molar-refractivity contribution in [3.8, 4) is 0 Å². The molecule has 5 nitrogen and oxygen atoms in total. The Balaban J connectivity index is 2.12. The molecule has 0 aromatic rings. The van der Waals surface area contributed by atoms with E-state index in [1.165, 1.54) is 12.2 Å². The number of carbonyl (C=O) groups is 3. The Morgan fingerprint density at radius 1 is 1.32 bits per heavy atom. The van der Waals surface area contributed by atoms with Crippen LogP contribution in [0.1, 0.15) is 39.5 Å². The highest BCUT2D eigenvalue weighted by Gasteiger charge is 2.23. The average Bonchev–Trinajstić information content (AvgIpc) is 2.71. The Hall–Kier alpha value is -1.65. The van der Waals surface area contributed by atoms with Gasteiger partial charge < -0.3 is 4.74 Å². The van der Waals surface area contributed by atoms with Crippen molar-refractivity contribution in [2.24, 2.45) is 5.92 Å². The lowest BCUT2D eigenvalue weighted by molar-refractivity contribution is -0.145. The van der Waals surface area contributed by atoms with Crippen LogP contribution in [0.4, 0.5) is 0 Å². The van der Waals surface area contributed by atoms with Gasteiger partial charge in [0.1, 0.15) is 0 Å². The normalized spacial score (nSPS) is 16.0. The first-order valence-electron chi connectivity index (χ1n) is 6.73. The smallest absolute Gasteiger partial charge is 0.307 e. The van der Waals surface area contributed by atoms with Crippen LogP contribution in [-0.4, -0.2) is 35.8 Å². The Morgan fingerprint density at radius 2 is 1.95 bits per heavy atom. The number of hydrogen-bond donors (Lipinski definition) is 0. The maximum Gasteiger partial charge on any atom is 0.307 e. The molecule has 1 unspecified atom stereocenters. The maximum absolute atomic E-state index is 11.4. The Bertz CT molecular complexity index is 358. The molecule has 2 amide bonds. The van der Waals surface area contributed by atoms with Gasteiger partial charge in [-0.3, -0.25) is 19.3 Å². The Labute approximate surface area is 113 Å². The van der Waals surface area contributed by atoms with Crippen molar-refractivity contribution >= 4 is 17.8 Å². The van der Waals surface area contributed by atoms with Gasteiger partial charge in [-0.1, -0.05) is 20.3 Å². The predicted octanol–water partition coefficient (Wildman–Crippen LogP) is 1.67. The summed E-state index contributed by atoms with van der Waals surface area (Å²) < 4.78 is 5.06. The molecule has 1 aliphatic rings. The van der Waals surface area contributed by atoms with Crippen LogP contribution < -0.4 is 0 Å². The largest absolute Gasteiger partial charge is 0.466 e. The van der Waals surface area contributed by atoms with Gasteiger partial charge in [-0.25, -0.2) is 0 Å². The minimum absolute atomic E-state index is 0.0580. The topological polar surface area (TPSA) is 63.7 Å². The van der Waals surface area contributed by atoms with Crippen LogP contribution in [0.25, 0.3) is 0 Å². The zero-order chi connectivity index (χ0) is 14.3. The molecule has 0 N–H and O–H groups in total. The molecule has 0 bridgehead atoms. The fourth-order valence-electron chi connectivity index (χ4n) is 1.75. The van der Waals surface area contributed by atoms with E-state index in [0.29, 0.717) is 12.5 Å². The van der Waals surface area contributed by atoms with Crippen LogP contribution in [0.3, 0.4) is 0 Å². The van der Waals surface area contributed by atoms with Gasteiger partial charge in [0.2, 0.25) is 0 Å². The third-order valence-corrected chi connectivity index (χ3v) is 3.24. The summed E-state index contributed by atoms with van der Waals surface area (Å²) in [6.07, 6.45) is 5.49. The first-order valence-corrected chi connectivity index (χ1v) is 6.73.